The minimum absolute atomic E-state index is 0.224. The Kier molecular flexibility index (Phi) is 3.10. The van der Waals surface area contributed by atoms with Crippen molar-refractivity contribution in [2.75, 3.05) is 0 Å². The van der Waals surface area contributed by atoms with E-state index < -0.39 is 0 Å². The Morgan fingerprint density at radius 1 is 1.60 bits per heavy atom. The molecule has 15 heavy (non-hydrogen) atoms. The van der Waals surface area contributed by atoms with Crippen LogP contribution < -0.4 is 5.73 Å². The Labute approximate surface area is 91.7 Å². The van der Waals surface area contributed by atoms with Crippen molar-refractivity contribution in [2.24, 2.45) is 11.7 Å². The van der Waals surface area contributed by atoms with Crippen LogP contribution in [0.15, 0.2) is 6.20 Å². The summed E-state index contributed by atoms with van der Waals surface area (Å²) in [6.07, 6.45) is 6.65. The highest BCUT2D eigenvalue weighted by Gasteiger charge is 2.20. The maximum atomic E-state index is 6.06. The van der Waals surface area contributed by atoms with Crippen molar-refractivity contribution in [2.45, 2.75) is 52.1 Å². The number of hydrogen-bond donors (Lipinski definition) is 1. The average molecular weight is 207 g/mol. The molecule has 0 saturated carbocycles. The first-order valence-corrected chi connectivity index (χ1v) is 5.98. The molecular weight excluding hydrogens is 186 g/mol. The molecule has 0 spiro atoms. The summed E-state index contributed by atoms with van der Waals surface area (Å²) in [5.74, 6) is 0.738. The van der Waals surface area contributed by atoms with Gasteiger partial charge in [0.1, 0.15) is 0 Å². The van der Waals surface area contributed by atoms with Crippen LogP contribution in [0.3, 0.4) is 0 Å². The molecule has 0 aliphatic heterocycles. The standard InChI is InChI=1S/C12H21N3/c1-9(2)6-7-15-12-5-3-4-11(13)10(12)8-14-15/h8-9,11H,3-7,13H2,1-2H3. The van der Waals surface area contributed by atoms with Gasteiger partial charge < -0.3 is 5.73 Å². The minimum atomic E-state index is 0.224. The Hall–Kier alpha value is -0.830. The second-order valence-electron chi connectivity index (χ2n) is 4.95. The fourth-order valence-corrected chi connectivity index (χ4v) is 2.23. The second kappa shape index (κ2) is 4.35. The molecule has 3 nitrogen and oxygen atoms in total. The van der Waals surface area contributed by atoms with E-state index in [-0.39, 0.29) is 6.04 Å². The number of rotatable bonds is 3. The summed E-state index contributed by atoms with van der Waals surface area (Å²) in [7, 11) is 0. The largest absolute Gasteiger partial charge is 0.324 e. The Morgan fingerprint density at radius 3 is 3.13 bits per heavy atom. The summed E-state index contributed by atoms with van der Waals surface area (Å²) < 4.78 is 2.16. The summed E-state index contributed by atoms with van der Waals surface area (Å²) in [4.78, 5) is 0. The van der Waals surface area contributed by atoms with Crippen molar-refractivity contribution in [3.8, 4) is 0 Å². The van der Waals surface area contributed by atoms with Crippen molar-refractivity contribution in [1.29, 1.82) is 0 Å². The molecule has 84 valence electrons. The lowest BCUT2D eigenvalue weighted by atomic mass is 9.94. The van der Waals surface area contributed by atoms with Gasteiger partial charge in [-0.1, -0.05) is 13.8 Å². The van der Waals surface area contributed by atoms with Gasteiger partial charge in [0, 0.05) is 23.8 Å². The van der Waals surface area contributed by atoms with E-state index in [9.17, 15) is 0 Å². The highest BCUT2D eigenvalue weighted by atomic mass is 15.3. The van der Waals surface area contributed by atoms with Crippen LogP contribution in [0.4, 0.5) is 0 Å². The second-order valence-corrected chi connectivity index (χ2v) is 4.95. The first-order valence-electron chi connectivity index (χ1n) is 5.98. The van der Waals surface area contributed by atoms with Crippen molar-refractivity contribution < 1.29 is 0 Å². The Bertz CT molecular complexity index is 328. The third kappa shape index (κ3) is 2.23. The fraction of sp³-hybridized carbons (Fsp3) is 0.750. The molecule has 0 amide bonds. The Morgan fingerprint density at radius 2 is 2.40 bits per heavy atom. The van der Waals surface area contributed by atoms with Crippen molar-refractivity contribution >= 4 is 0 Å². The SMILES string of the molecule is CC(C)CCn1ncc2c1CCCC2N. The molecule has 0 radical (unpaired) electrons. The van der Waals surface area contributed by atoms with Gasteiger partial charge in [0.15, 0.2) is 0 Å². The van der Waals surface area contributed by atoms with Crippen molar-refractivity contribution in [3.63, 3.8) is 0 Å². The minimum Gasteiger partial charge on any atom is -0.324 e. The van der Waals surface area contributed by atoms with Crippen LogP contribution in [0.2, 0.25) is 0 Å². The zero-order valence-electron chi connectivity index (χ0n) is 9.74. The van der Waals surface area contributed by atoms with E-state index in [1.54, 1.807) is 0 Å². The molecule has 1 unspecified atom stereocenters. The van der Waals surface area contributed by atoms with Gasteiger partial charge in [-0.2, -0.15) is 5.10 Å². The zero-order valence-corrected chi connectivity index (χ0v) is 9.74. The van der Waals surface area contributed by atoms with E-state index in [1.807, 2.05) is 6.20 Å². The van der Waals surface area contributed by atoms with Crippen LogP contribution in [0.25, 0.3) is 0 Å². The molecule has 1 atom stereocenters. The lowest BCUT2D eigenvalue weighted by Crippen LogP contribution is -2.18. The first kappa shape index (κ1) is 10.7. The van der Waals surface area contributed by atoms with E-state index in [0.717, 1.165) is 25.3 Å². The summed E-state index contributed by atoms with van der Waals surface area (Å²) in [5.41, 5.74) is 8.73. The fourth-order valence-electron chi connectivity index (χ4n) is 2.23. The maximum absolute atomic E-state index is 6.06. The molecule has 0 aromatic carbocycles. The predicted molar refractivity (Wildman–Crippen MR) is 61.5 cm³/mol. The van der Waals surface area contributed by atoms with Gasteiger partial charge >= 0.3 is 0 Å². The molecule has 3 heteroatoms. The first-order chi connectivity index (χ1) is 7.18. The third-order valence-electron chi connectivity index (χ3n) is 3.23. The predicted octanol–water partition coefficient (Wildman–Crippen LogP) is 2.27. The molecule has 0 fully saturated rings. The lowest BCUT2D eigenvalue weighted by molar-refractivity contribution is 0.461. The summed E-state index contributed by atoms with van der Waals surface area (Å²) >= 11 is 0. The number of aryl methyl sites for hydroxylation is 1. The molecule has 1 aliphatic rings. The van der Waals surface area contributed by atoms with Gasteiger partial charge in [-0.3, -0.25) is 4.68 Å². The van der Waals surface area contributed by atoms with E-state index in [1.165, 1.54) is 24.1 Å². The number of hydrogen-bond acceptors (Lipinski definition) is 2. The van der Waals surface area contributed by atoms with Gasteiger partial charge in [0.25, 0.3) is 0 Å². The van der Waals surface area contributed by atoms with Gasteiger partial charge in [-0.15, -0.1) is 0 Å². The van der Waals surface area contributed by atoms with Crippen LogP contribution in [-0.2, 0) is 13.0 Å². The Balaban J connectivity index is 2.12. The van der Waals surface area contributed by atoms with Crippen LogP contribution >= 0.6 is 0 Å². The molecule has 1 aromatic rings. The molecule has 0 saturated heterocycles. The van der Waals surface area contributed by atoms with Crippen molar-refractivity contribution in [3.05, 3.63) is 17.5 Å². The highest BCUT2D eigenvalue weighted by Crippen LogP contribution is 2.27. The molecule has 1 aromatic heterocycles. The average Bonchev–Trinajstić information content (AvgIpc) is 2.59. The van der Waals surface area contributed by atoms with Crippen molar-refractivity contribution in [1.82, 2.24) is 9.78 Å². The maximum Gasteiger partial charge on any atom is 0.0540 e. The number of fused-ring (bicyclic) bond motifs is 1. The molecule has 1 aliphatic carbocycles. The van der Waals surface area contributed by atoms with Crippen LogP contribution in [-0.4, -0.2) is 9.78 Å². The quantitative estimate of drug-likeness (QED) is 0.826. The van der Waals surface area contributed by atoms with Gasteiger partial charge in [-0.25, -0.2) is 0 Å². The number of nitrogens with zero attached hydrogens (tertiary/aromatic N) is 2. The lowest BCUT2D eigenvalue weighted by Gasteiger charge is -2.19. The number of aromatic nitrogens is 2. The highest BCUT2D eigenvalue weighted by molar-refractivity contribution is 5.24. The summed E-state index contributed by atoms with van der Waals surface area (Å²) in [6, 6.07) is 0.224. The topological polar surface area (TPSA) is 43.8 Å². The van der Waals surface area contributed by atoms with Crippen LogP contribution in [0.5, 0.6) is 0 Å². The third-order valence-corrected chi connectivity index (χ3v) is 3.23. The van der Waals surface area contributed by atoms with Gasteiger partial charge in [0.2, 0.25) is 0 Å². The van der Waals surface area contributed by atoms with Gasteiger partial charge in [0.05, 0.1) is 6.20 Å². The summed E-state index contributed by atoms with van der Waals surface area (Å²) in [6.45, 7) is 5.54. The molecule has 1 heterocycles. The van der Waals surface area contributed by atoms with E-state index in [2.05, 4.69) is 23.6 Å². The monoisotopic (exact) mass is 207 g/mol. The van der Waals surface area contributed by atoms with E-state index >= 15 is 0 Å². The normalized spacial score (nSPS) is 20.7. The van der Waals surface area contributed by atoms with E-state index in [4.69, 9.17) is 5.73 Å². The van der Waals surface area contributed by atoms with Gasteiger partial charge in [-0.05, 0) is 31.6 Å². The number of nitrogens with two attached hydrogens (primary N) is 1. The zero-order chi connectivity index (χ0) is 10.8. The molecule has 2 N–H and O–H groups in total. The van der Waals surface area contributed by atoms with Crippen LogP contribution in [0, 0.1) is 5.92 Å². The molecule has 2 rings (SSSR count). The smallest absolute Gasteiger partial charge is 0.0540 e. The molecular formula is C12H21N3. The van der Waals surface area contributed by atoms with E-state index in [0.29, 0.717) is 0 Å². The van der Waals surface area contributed by atoms with Crippen LogP contribution in [0.1, 0.15) is 50.4 Å². The molecule has 0 bridgehead atoms. The summed E-state index contributed by atoms with van der Waals surface area (Å²) in [5, 5.41) is 4.46.